The maximum absolute atomic E-state index is 12.5. The molecule has 166 valence electrons. The van der Waals surface area contributed by atoms with Crippen molar-refractivity contribution in [1.82, 2.24) is 10.2 Å². The average molecular weight is 467 g/mol. The predicted octanol–water partition coefficient (Wildman–Crippen LogP) is 3.21. The quantitative estimate of drug-likeness (QED) is 0.646. The van der Waals surface area contributed by atoms with E-state index in [1.807, 2.05) is 6.07 Å². The van der Waals surface area contributed by atoms with E-state index in [4.69, 9.17) is 37.4 Å². The summed E-state index contributed by atoms with van der Waals surface area (Å²) in [7, 11) is 1.48. The van der Waals surface area contributed by atoms with Crippen molar-refractivity contribution in [3.05, 3.63) is 57.6 Å². The van der Waals surface area contributed by atoms with Crippen molar-refractivity contribution in [2.75, 3.05) is 46.6 Å². The van der Waals surface area contributed by atoms with Crippen LogP contribution in [0.25, 0.3) is 0 Å². The molecule has 0 aliphatic carbocycles. The largest absolute Gasteiger partial charge is 0.493 e. The van der Waals surface area contributed by atoms with Gasteiger partial charge in [-0.25, -0.2) is 0 Å². The van der Waals surface area contributed by atoms with Crippen molar-refractivity contribution in [1.29, 1.82) is 0 Å². The number of amides is 2. The first-order valence-corrected chi connectivity index (χ1v) is 10.6. The maximum Gasteiger partial charge on any atom is 0.260 e. The Morgan fingerprint density at radius 1 is 1.10 bits per heavy atom. The minimum Gasteiger partial charge on any atom is -0.493 e. The number of methoxy groups -OCH3 is 1. The lowest BCUT2D eigenvalue weighted by atomic mass is 10.1. The Morgan fingerprint density at radius 2 is 1.87 bits per heavy atom. The van der Waals surface area contributed by atoms with Crippen molar-refractivity contribution in [2.24, 2.45) is 0 Å². The molecule has 7 nitrogen and oxygen atoms in total. The number of carbonyl (C=O) groups is 2. The minimum absolute atomic E-state index is 0.107. The number of ether oxygens (including phenoxy) is 3. The molecule has 0 saturated carbocycles. The number of carbonyl (C=O) groups excluding carboxylic acids is 2. The summed E-state index contributed by atoms with van der Waals surface area (Å²) >= 11 is 12.1. The van der Waals surface area contributed by atoms with E-state index in [1.54, 1.807) is 35.2 Å². The lowest BCUT2D eigenvalue weighted by Crippen LogP contribution is -2.43. The molecule has 1 N–H and O–H groups in total. The molecule has 0 aromatic heterocycles. The lowest BCUT2D eigenvalue weighted by Gasteiger charge is -2.26. The van der Waals surface area contributed by atoms with Gasteiger partial charge >= 0.3 is 0 Å². The zero-order chi connectivity index (χ0) is 22.2. The van der Waals surface area contributed by atoms with Gasteiger partial charge in [0.2, 0.25) is 0 Å². The first-order chi connectivity index (χ1) is 15.0. The Hall–Kier alpha value is -2.48. The summed E-state index contributed by atoms with van der Waals surface area (Å²) in [5.41, 5.74) is 1.32. The lowest BCUT2D eigenvalue weighted by molar-refractivity contribution is -0.137. The molecule has 1 heterocycles. The highest BCUT2D eigenvalue weighted by Crippen LogP contribution is 2.28. The number of nitrogens with one attached hydrogen (secondary N) is 1. The smallest absolute Gasteiger partial charge is 0.260 e. The molecule has 1 saturated heterocycles. The molecule has 0 unspecified atom stereocenters. The van der Waals surface area contributed by atoms with Crippen LogP contribution in [0.4, 0.5) is 0 Å². The third kappa shape index (κ3) is 6.50. The van der Waals surface area contributed by atoms with Crippen LogP contribution in [0.15, 0.2) is 36.4 Å². The van der Waals surface area contributed by atoms with Crippen LogP contribution >= 0.6 is 23.2 Å². The average Bonchev–Trinajstić information content (AvgIpc) is 2.79. The first kappa shape index (κ1) is 23.2. The third-order valence-electron chi connectivity index (χ3n) is 4.84. The molecule has 1 aliphatic heterocycles. The van der Waals surface area contributed by atoms with Crippen molar-refractivity contribution in [3.8, 4) is 11.5 Å². The van der Waals surface area contributed by atoms with Gasteiger partial charge < -0.3 is 24.4 Å². The van der Waals surface area contributed by atoms with Gasteiger partial charge in [0, 0.05) is 35.2 Å². The number of hydrogen-bond acceptors (Lipinski definition) is 5. The molecule has 1 fully saturated rings. The highest BCUT2D eigenvalue weighted by molar-refractivity contribution is 6.35. The van der Waals surface area contributed by atoms with Gasteiger partial charge in [0.25, 0.3) is 11.8 Å². The second-order valence-electron chi connectivity index (χ2n) is 6.89. The fourth-order valence-corrected chi connectivity index (χ4v) is 3.61. The Bertz CT molecular complexity index is 932. The number of halogens is 2. The zero-order valence-electron chi connectivity index (χ0n) is 17.2. The summed E-state index contributed by atoms with van der Waals surface area (Å²) in [6.07, 6.45) is 0.573. The van der Waals surface area contributed by atoms with Crippen molar-refractivity contribution >= 4 is 35.0 Å². The number of hydrogen-bond donors (Lipinski definition) is 1. The van der Waals surface area contributed by atoms with E-state index in [1.165, 1.54) is 7.11 Å². The number of benzene rings is 2. The third-order valence-corrected chi connectivity index (χ3v) is 5.42. The van der Waals surface area contributed by atoms with Crippen molar-refractivity contribution in [2.45, 2.75) is 6.42 Å². The summed E-state index contributed by atoms with van der Waals surface area (Å²) < 4.78 is 16.2. The van der Waals surface area contributed by atoms with Gasteiger partial charge in [-0.2, -0.15) is 0 Å². The first-order valence-electron chi connectivity index (χ1n) is 9.86. The van der Waals surface area contributed by atoms with E-state index in [-0.39, 0.29) is 18.4 Å². The molecule has 2 amide bonds. The van der Waals surface area contributed by atoms with Crippen LogP contribution in [0.5, 0.6) is 11.5 Å². The van der Waals surface area contributed by atoms with E-state index < -0.39 is 0 Å². The van der Waals surface area contributed by atoms with Crippen LogP contribution < -0.4 is 14.8 Å². The van der Waals surface area contributed by atoms with Crippen molar-refractivity contribution in [3.63, 3.8) is 0 Å². The SMILES string of the molecule is COc1cc(C(=O)NCCc2ccc(Cl)cc2Cl)ccc1OCC(=O)N1CCOCC1. The highest BCUT2D eigenvalue weighted by atomic mass is 35.5. The Kier molecular flexibility index (Phi) is 8.40. The monoisotopic (exact) mass is 466 g/mol. The van der Waals surface area contributed by atoms with Gasteiger partial charge in [-0.3, -0.25) is 9.59 Å². The highest BCUT2D eigenvalue weighted by Gasteiger charge is 2.18. The van der Waals surface area contributed by atoms with Gasteiger partial charge in [0.15, 0.2) is 18.1 Å². The van der Waals surface area contributed by atoms with Crippen LogP contribution in [-0.2, 0) is 16.0 Å². The number of nitrogens with zero attached hydrogens (tertiary/aromatic N) is 1. The van der Waals surface area contributed by atoms with Gasteiger partial charge in [-0.1, -0.05) is 29.3 Å². The Balaban J connectivity index is 1.54. The molecule has 0 atom stereocenters. The summed E-state index contributed by atoms with van der Waals surface area (Å²) in [5, 5.41) is 3.99. The zero-order valence-corrected chi connectivity index (χ0v) is 18.7. The predicted molar refractivity (Wildman–Crippen MR) is 118 cm³/mol. The van der Waals surface area contributed by atoms with Crippen LogP contribution in [0.2, 0.25) is 10.0 Å². The Morgan fingerprint density at radius 3 is 2.58 bits per heavy atom. The molecule has 2 aromatic rings. The summed E-state index contributed by atoms with van der Waals surface area (Å²) in [6, 6.07) is 10.1. The van der Waals surface area contributed by atoms with Crippen LogP contribution in [0.1, 0.15) is 15.9 Å². The topological polar surface area (TPSA) is 77.1 Å². The normalized spacial score (nSPS) is 13.6. The van der Waals surface area contributed by atoms with Crippen LogP contribution in [0.3, 0.4) is 0 Å². The van der Waals surface area contributed by atoms with E-state index in [0.717, 1.165) is 5.56 Å². The minimum atomic E-state index is -0.251. The molecular weight excluding hydrogens is 443 g/mol. The molecule has 3 rings (SSSR count). The molecule has 31 heavy (non-hydrogen) atoms. The van der Waals surface area contributed by atoms with Crippen LogP contribution in [-0.4, -0.2) is 63.3 Å². The Labute approximate surface area is 191 Å². The van der Waals surface area contributed by atoms with E-state index in [0.29, 0.717) is 66.4 Å². The van der Waals surface area contributed by atoms with Crippen molar-refractivity contribution < 1.29 is 23.8 Å². The van der Waals surface area contributed by atoms with Gasteiger partial charge in [0.05, 0.1) is 20.3 Å². The summed E-state index contributed by atoms with van der Waals surface area (Å²) in [5.74, 6) is 0.407. The fourth-order valence-electron chi connectivity index (χ4n) is 3.11. The second kappa shape index (κ2) is 11.2. The summed E-state index contributed by atoms with van der Waals surface area (Å²) in [4.78, 5) is 26.4. The van der Waals surface area contributed by atoms with Gasteiger partial charge in [0.1, 0.15) is 0 Å². The number of morpholine rings is 1. The van der Waals surface area contributed by atoms with E-state index in [2.05, 4.69) is 5.32 Å². The van der Waals surface area contributed by atoms with Gasteiger partial charge in [-0.15, -0.1) is 0 Å². The molecule has 9 heteroatoms. The molecule has 0 spiro atoms. The van der Waals surface area contributed by atoms with E-state index >= 15 is 0 Å². The van der Waals surface area contributed by atoms with Crippen LogP contribution in [0, 0.1) is 0 Å². The molecule has 2 aromatic carbocycles. The maximum atomic E-state index is 12.5. The van der Waals surface area contributed by atoms with Gasteiger partial charge in [-0.05, 0) is 42.3 Å². The molecule has 1 aliphatic rings. The second-order valence-corrected chi connectivity index (χ2v) is 7.73. The van der Waals surface area contributed by atoms with E-state index in [9.17, 15) is 9.59 Å². The summed E-state index contributed by atoms with van der Waals surface area (Å²) in [6.45, 7) is 2.48. The molecule has 0 radical (unpaired) electrons. The molecule has 0 bridgehead atoms. The standard InChI is InChI=1S/C22H24Cl2N2O5/c1-29-20-12-16(22(28)25-7-6-15-2-4-17(23)13-18(15)24)3-5-19(20)31-14-21(27)26-8-10-30-11-9-26/h2-5,12-13H,6-11,14H2,1H3,(H,25,28). The fraction of sp³-hybridized carbons (Fsp3) is 0.364. The number of rotatable bonds is 8. The molecular formula is C22H24Cl2N2O5.